The van der Waals surface area contributed by atoms with Gasteiger partial charge in [-0.15, -0.1) is 0 Å². The summed E-state index contributed by atoms with van der Waals surface area (Å²) in [6.07, 6.45) is 0. The van der Waals surface area contributed by atoms with E-state index in [1.54, 1.807) is 0 Å². The molecule has 1 N–H and O–H groups in total. The Labute approximate surface area is 130 Å². The Morgan fingerprint density at radius 1 is 1.14 bits per heavy atom. The topological polar surface area (TPSA) is 72.2 Å². The van der Waals surface area contributed by atoms with Gasteiger partial charge in [0.05, 0.1) is 10.6 Å². The van der Waals surface area contributed by atoms with Crippen LogP contribution in [0, 0.1) is 24.0 Å². The van der Waals surface area contributed by atoms with Gasteiger partial charge < -0.3 is 5.32 Å². The van der Waals surface area contributed by atoms with E-state index in [2.05, 4.69) is 21.2 Å². The van der Waals surface area contributed by atoms with Crippen molar-refractivity contribution < 1.29 is 9.72 Å². The minimum absolute atomic E-state index is 0.0427. The predicted molar refractivity (Wildman–Crippen MR) is 84.7 cm³/mol. The first-order chi connectivity index (χ1) is 9.88. The lowest BCUT2D eigenvalue weighted by molar-refractivity contribution is -0.384. The largest absolute Gasteiger partial charge is 0.321 e. The van der Waals surface area contributed by atoms with Gasteiger partial charge in [-0.25, -0.2) is 0 Å². The molecule has 2 aromatic carbocycles. The van der Waals surface area contributed by atoms with Gasteiger partial charge in [0, 0.05) is 22.2 Å². The van der Waals surface area contributed by atoms with Gasteiger partial charge in [-0.05, 0) is 65.2 Å². The van der Waals surface area contributed by atoms with Crippen molar-refractivity contribution in [3.05, 3.63) is 67.7 Å². The Hall–Kier alpha value is -2.21. The van der Waals surface area contributed by atoms with Gasteiger partial charge in [-0.3, -0.25) is 14.9 Å². The van der Waals surface area contributed by atoms with Crippen LogP contribution in [0.4, 0.5) is 11.4 Å². The standard InChI is InChI=1S/C15H13BrN2O3/c1-9-7-13(16)14(8-10(9)2)17-15(19)11-3-5-12(6-4-11)18(20)21/h3-8H,1-2H3,(H,17,19). The third kappa shape index (κ3) is 3.46. The Bertz CT molecular complexity index is 712. The quantitative estimate of drug-likeness (QED) is 0.666. The molecule has 0 unspecified atom stereocenters. The van der Waals surface area contributed by atoms with Crippen LogP contribution in [-0.4, -0.2) is 10.8 Å². The van der Waals surface area contributed by atoms with Crippen LogP contribution in [0.1, 0.15) is 21.5 Å². The van der Waals surface area contributed by atoms with Crippen LogP contribution in [-0.2, 0) is 0 Å². The second-order valence-electron chi connectivity index (χ2n) is 4.67. The minimum atomic E-state index is -0.498. The number of anilines is 1. The number of aryl methyl sites for hydroxylation is 2. The number of nitrogens with one attached hydrogen (secondary N) is 1. The fourth-order valence-electron chi connectivity index (χ4n) is 1.81. The highest BCUT2D eigenvalue weighted by Gasteiger charge is 2.11. The molecule has 0 radical (unpaired) electrons. The number of hydrogen-bond donors (Lipinski definition) is 1. The number of halogens is 1. The second kappa shape index (κ2) is 6.05. The molecule has 0 aliphatic carbocycles. The number of carbonyl (C=O) groups excluding carboxylic acids is 1. The van der Waals surface area contributed by atoms with Crippen molar-refractivity contribution in [3.63, 3.8) is 0 Å². The third-order valence-corrected chi connectivity index (χ3v) is 3.83. The molecule has 6 heteroatoms. The highest BCUT2D eigenvalue weighted by Crippen LogP contribution is 2.26. The van der Waals surface area contributed by atoms with Crippen LogP contribution in [0.5, 0.6) is 0 Å². The molecule has 0 fully saturated rings. The summed E-state index contributed by atoms with van der Waals surface area (Å²) in [6.45, 7) is 3.95. The van der Waals surface area contributed by atoms with Crippen molar-refractivity contribution in [2.75, 3.05) is 5.32 Å². The number of carbonyl (C=O) groups is 1. The van der Waals surface area contributed by atoms with E-state index in [1.807, 2.05) is 26.0 Å². The zero-order valence-corrected chi connectivity index (χ0v) is 13.1. The maximum absolute atomic E-state index is 12.1. The van der Waals surface area contributed by atoms with Crippen LogP contribution in [0.3, 0.4) is 0 Å². The normalized spacial score (nSPS) is 10.2. The molecule has 21 heavy (non-hydrogen) atoms. The fourth-order valence-corrected chi connectivity index (χ4v) is 2.36. The van der Waals surface area contributed by atoms with E-state index in [-0.39, 0.29) is 11.6 Å². The zero-order chi connectivity index (χ0) is 15.6. The van der Waals surface area contributed by atoms with Crippen LogP contribution >= 0.6 is 15.9 Å². The molecule has 2 rings (SSSR count). The molecule has 0 heterocycles. The van der Waals surface area contributed by atoms with Crippen LogP contribution in [0.25, 0.3) is 0 Å². The number of non-ortho nitro benzene ring substituents is 1. The summed E-state index contributed by atoms with van der Waals surface area (Å²) < 4.78 is 0.792. The van der Waals surface area contributed by atoms with Crippen LogP contribution in [0.15, 0.2) is 40.9 Å². The molecule has 1 amide bonds. The predicted octanol–water partition coefficient (Wildman–Crippen LogP) is 4.23. The van der Waals surface area contributed by atoms with Crippen molar-refractivity contribution in [2.24, 2.45) is 0 Å². The number of nitrogens with zero attached hydrogens (tertiary/aromatic N) is 1. The zero-order valence-electron chi connectivity index (χ0n) is 11.5. The maximum atomic E-state index is 12.1. The van der Waals surface area contributed by atoms with E-state index in [4.69, 9.17) is 0 Å². The molecule has 108 valence electrons. The van der Waals surface area contributed by atoms with E-state index in [0.717, 1.165) is 15.6 Å². The average Bonchev–Trinajstić information content (AvgIpc) is 2.44. The Morgan fingerprint density at radius 3 is 2.29 bits per heavy atom. The number of hydrogen-bond acceptors (Lipinski definition) is 3. The van der Waals surface area contributed by atoms with E-state index in [1.165, 1.54) is 24.3 Å². The maximum Gasteiger partial charge on any atom is 0.269 e. The third-order valence-electron chi connectivity index (χ3n) is 3.17. The Morgan fingerprint density at radius 2 is 1.71 bits per heavy atom. The lowest BCUT2D eigenvalue weighted by atomic mass is 10.1. The molecule has 2 aromatic rings. The van der Waals surface area contributed by atoms with Crippen LogP contribution < -0.4 is 5.32 Å². The molecule has 0 aromatic heterocycles. The molecule has 0 saturated carbocycles. The molecule has 5 nitrogen and oxygen atoms in total. The van der Waals surface area contributed by atoms with E-state index < -0.39 is 4.92 Å². The summed E-state index contributed by atoms with van der Waals surface area (Å²) in [5.74, 6) is -0.311. The van der Waals surface area contributed by atoms with E-state index in [0.29, 0.717) is 11.3 Å². The van der Waals surface area contributed by atoms with Crippen molar-refractivity contribution >= 4 is 33.2 Å². The molecular weight excluding hydrogens is 336 g/mol. The van der Waals surface area contributed by atoms with Gasteiger partial charge in [0.1, 0.15) is 0 Å². The van der Waals surface area contributed by atoms with E-state index in [9.17, 15) is 14.9 Å². The highest BCUT2D eigenvalue weighted by molar-refractivity contribution is 9.10. The van der Waals surface area contributed by atoms with Crippen LogP contribution in [0.2, 0.25) is 0 Å². The summed E-state index contributed by atoms with van der Waals surface area (Å²) in [4.78, 5) is 22.2. The van der Waals surface area contributed by atoms with Crippen molar-refractivity contribution in [1.29, 1.82) is 0 Å². The molecule has 0 atom stereocenters. The first-order valence-corrected chi connectivity index (χ1v) is 7.00. The SMILES string of the molecule is Cc1cc(Br)c(NC(=O)c2ccc([N+](=O)[O-])cc2)cc1C. The molecule has 0 bridgehead atoms. The molecule has 0 aliphatic rings. The summed E-state index contributed by atoms with van der Waals surface area (Å²) >= 11 is 3.41. The van der Waals surface area contributed by atoms with Gasteiger partial charge >= 0.3 is 0 Å². The summed E-state index contributed by atoms with van der Waals surface area (Å²) in [5, 5.41) is 13.4. The van der Waals surface area contributed by atoms with Gasteiger partial charge in [0.2, 0.25) is 0 Å². The first-order valence-electron chi connectivity index (χ1n) is 6.21. The molecule has 0 aliphatic heterocycles. The van der Waals surface area contributed by atoms with E-state index >= 15 is 0 Å². The minimum Gasteiger partial charge on any atom is -0.321 e. The number of amides is 1. The van der Waals surface area contributed by atoms with Gasteiger partial charge in [-0.1, -0.05) is 0 Å². The summed E-state index contributed by atoms with van der Waals surface area (Å²) in [6, 6.07) is 9.29. The van der Waals surface area contributed by atoms with Crippen molar-refractivity contribution in [2.45, 2.75) is 13.8 Å². The van der Waals surface area contributed by atoms with Gasteiger partial charge in [-0.2, -0.15) is 0 Å². The first kappa shape index (κ1) is 15.2. The lowest BCUT2D eigenvalue weighted by Gasteiger charge is -2.10. The Balaban J connectivity index is 2.22. The monoisotopic (exact) mass is 348 g/mol. The molecular formula is C15H13BrN2O3. The van der Waals surface area contributed by atoms with Crippen molar-refractivity contribution in [3.8, 4) is 0 Å². The second-order valence-corrected chi connectivity index (χ2v) is 5.53. The number of nitro groups is 1. The highest BCUT2D eigenvalue weighted by atomic mass is 79.9. The Kier molecular flexibility index (Phi) is 4.37. The molecule has 0 spiro atoms. The molecule has 0 saturated heterocycles. The van der Waals surface area contributed by atoms with Gasteiger partial charge in [0.25, 0.3) is 11.6 Å². The smallest absolute Gasteiger partial charge is 0.269 e. The van der Waals surface area contributed by atoms with Gasteiger partial charge in [0.15, 0.2) is 0 Å². The van der Waals surface area contributed by atoms with Crippen molar-refractivity contribution in [1.82, 2.24) is 0 Å². The fraction of sp³-hybridized carbons (Fsp3) is 0.133. The number of benzene rings is 2. The average molecular weight is 349 g/mol. The summed E-state index contributed by atoms with van der Waals surface area (Å²) in [7, 11) is 0. The number of nitro benzene ring substituents is 1. The lowest BCUT2D eigenvalue weighted by Crippen LogP contribution is -2.12. The summed E-state index contributed by atoms with van der Waals surface area (Å²) in [5.41, 5.74) is 3.18. The number of rotatable bonds is 3.